The Morgan fingerprint density at radius 2 is 2.12 bits per heavy atom. The van der Waals surface area contributed by atoms with E-state index in [-0.39, 0.29) is 0 Å². The number of aliphatic imine (C=N–C) groups is 1. The van der Waals surface area contributed by atoms with E-state index in [1.807, 2.05) is 25.4 Å². The lowest BCUT2D eigenvalue weighted by Gasteiger charge is -2.15. The lowest BCUT2D eigenvalue weighted by molar-refractivity contribution is 0.429. The van der Waals surface area contributed by atoms with E-state index in [1.54, 1.807) is 16.8 Å². The van der Waals surface area contributed by atoms with Crippen molar-refractivity contribution in [2.45, 2.75) is 32.6 Å². The zero-order valence-electron chi connectivity index (χ0n) is 19.7. The minimum absolute atomic E-state index is 0.387. The van der Waals surface area contributed by atoms with Gasteiger partial charge in [0, 0.05) is 38.5 Å². The van der Waals surface area contributed by atoms with Gasteiger partial charge in [-0.05, 0) is 67.8 Å². The molecule has 1 fully saturated rings. The first-order valence-corrected chi connectivity index (χ1v) is 11.6. The van der Waals surface area contributed by atoms with Crippen LogP contribution in [0.25, 0.3) is 5.70 Å². The summed E-state index contributed by atoms with van der Waals surface area (Å²) < 4.78 is 8.07. The number of hydrogen-bond acceptors (Lipinski definition) is 6. The van der Waals surface area contributed by atoms with E-state index in [2.05, 4.69) is 42.2 Å². The Labute approximate surface area is 195 Å². The molecule has 7 heteroatoms. The van der Waals surface area contributed by atoms with Crippen LogP contribution >= 0.6 is 0 Å². The Bertz CT molecular complexity index is 1130. The molecule has 7 nitrogen and oxygen atoms in total. The van der Waals surface area contributed by atoms with Crippen LogP contribution in [0.15, 0.2) is 47.0 Å². The number of nitrogens with two attached hydrogens (primary N) is 1. The maximum atomic E-state index is 9.47. The smallest absolute Gasteiger partial charge is 0.219 e. The maximum Gasteiger partial charge on any atom is 0.219 e. The Balaban J connectivity index is 1.65. The van der Waals surface area contributed by atoms with Crippen LogP contribution in [0.4, 0.5) is 5.82 Å². The summed E-state index contributed by atoms with van der Waals surface area (Å²) in [6.45, 7) is 3.78. The van der Waals surface area contributed by atoms with Gasteiger partial charge in [-0.15, -0.1) is 0 Å². The van der Waals surface area contributed by atoms with Gasteiger partial charge in [0.05, 0.1) is 17.3 Å². The van der Waals surface area contributed by atoms with E-state index in [0.717, 1.165) is 48.0 Å². The maximum absolute atomic E-state index is 9.47. The highest BCUT2D eigenvalue weighted by molar-refractivity contribution is 5.86. The van der Waals surface area contributed by atoms with Crippen molar-refractivity contribution in [1.82, 2.24) is 9.78 Å². The molecule has 2 N–H and O–H groups in total. The molecule has 1 saturated carbocycles. The molecule has 4 rings (SSSR count). The topological polar surface area (TPSA) is 92.5 Å². The lowest BCUT2D eigenvalue weighted by Crippen LogP contribution is -2.20. The van der Waals surface area contributed by atoms with Crippen molar-refractivity contribution < 1.29 is 4.74 Å². The summed E-state index contributed by atoms with van der Waals surface area (Å²) in [5, 5.41) is 14.1. The van der Waals surface area contributed by atoms with E-state index in [9.17, 15) is 5.26 Å². The Kier molecular flexibility index (Phi) is 6.95. The molecular weight excluding hydrogens is 412 g/mol. The van der Waals surface area contributed by atoms with Crippen molar-refractivity contribution in [3.8, 4) is 17.7 Å². The summed E-state index contributed by atoms with van der Waals surface area (Å²) >= 11 is 0. The first kappa shape index (κ1) is 22.8. The quantitative estimate of drug-likeness (QED) is 0.639. The van der Waals surface area contributed by atoms with E-state index in [0.29, 0.717) is 29.7 Å². The van der Waals surface area contributed by atoms with Crippen molar-refractivity contribution in [1.29, 1.82) is 5.26 Å². The lowest BCUT2D eigenvalue weighted by atomic mass is 9.99. The summed E-state index contributed by atoms with van der Waals surface area (Å²) in [6.07, 6.45) is 10.5. The fourth-order valence-electron chi connectivity index (χ4n) is 3.97. The second kappa shape index (κ2) is 10.1. The van der Waals surface area contributed by atoms with E-state index in [1.165, 1.54) is 12.8 Å². The molecule has 172 valence electrons. The predicted octanol–water partition coefficient (Wildman–Crippen LogP) is 4.66. The Hall–Kier alpha value is -3.37. The molecule has 2 aliphatic rings. The van der Waals surface area contributed by atoms with Gasteiger partial charge in [-0.25, -0.2) is 4.68 Å². The molecule has 1 aromatic heterocycles. The minimum atomic E-state index is 0.387. The van der Waals surface area contributed by atoms with Gasteiger partial charge in [-0.3, -0.25) is 4.99 Å². The zero-order valence-corrected chi connectivity index (χ0v) is 19.7. The molecule has 1 aliphatic carbocycles. The van der Waals surface area contributed by atoms with Gasteiger partial charge in [0.15, 0.2) is 5.82 Å². The summed E-state index contributed by atoms with van der Waals surface area (Å²) in [5.41, 5.74) is 9.13. The van der Waals surface area contributed by atoms with Gasteiger partial charge in [0.1, 0.15) is 5.75 Å². The molecule has 0 unspecified atom stereocenters. The molecule has 1 atom stereocenters. The van der Waals surface area contributed by atoms with Crippen molar-refractivity contribution in [2.24, 2.45) is 29.6 Å². The molecule has 0 amide bonds. The monoisotopic (exact) mass is 444 g/mol. The highest BCUT2D eigenvalue weighted by Gasteiger charge is 2.24. The second-order valence-electron chi connectivity index (χ2n) is 9.05. The van der Waals surface area contributed by atoms with Crippen molar-refractivity contribution in [2.75, 3.05) is 25.0 Å². The number of allylic oxidation sites excluding steroid dienone is 2. The molecule has 0 bridgehead atoms. The van der Waals surface area contributed by atoms with E-state index >= 15 is 0 Å². The molecule has 2 heterocycles. The molecule has 0 radical (unpaired) electrons. The van der Waals surface area contributed by atoms with Crippen molar-refractivity contribution in [3.05, 3.63) is 53.1 Å². The molecule has 1 aromatic carbocycles. The van der Waals surface area contributed by atoms with Gasteiger partial charge >= 0.3 is 0 Å². The van der Waals surface area contributed by atoms with Crippen LogP contribution in [0.3, 0.4) is 0 Å². The van der Waals surface area contributed by atoms with Crippen LogP contribution in [0.5, 0.6) is 11.6 Å². The highest BCUT2D eigenvalue weighted by atomic mass is 16.5. The number of aryl methyl sites for hydroxylation is 1. The van der Waals surface area contributed by atoms with Crippen LogP contribution in [0.1, 0.15) is 43.7 Å². The van der Waals surface area contributed by atoms with Crippen LogP contribution in [-0.4, -0.2) is 36.1 Å². The van der Waals surface area contributed by atoms with Gasteiger partial charge in [-0.2, -0.15) is 10.4 Å². The van der Waals surface area contributed by atoms with Crippen LogP contribution in [0, 0.1) is 23.2 Å². The predicted molar refractivity (Wildman–Crippen MR) is 132 cm³/mol. The van der Waals surface area contributed by atoms with Crippen LogP contribution in [0.2, 0.25) is 0 Å². The SMILES string of the molecule is C[C@H]1\C=C(CCN)/C=N/C(c2ccc(C#N)cc2Oc2cc(N(C)CC3CC3)nn2C)=C/C1. The van der Waals surface area contributed by atoms with Gasteiger partial charge in [-0.1, -0.05) is 19.1 Å². The number of anilines is 1. The number of nitriles is 1. The molecule has 2 aromatic rings. The number of aromatic nitrogens is 2. The Morgan fingerprint density at radius 3 is 2.85 bits per heavy atom. The van der Waals surface area contributed by atoms with Crippen molar-refractivity contribution in [3.63, 3.8) is 0 Å². The number of hydrogen-bond donors (Lipinski definition) is 1. The van der Waals surface area contributed by atoms with Crippen LogP contribution in [-0.2, 0) is 7.05 Å². The van der Waals surface area contributed by atoms with E-state index in [4.69, 9.17) is 15.5 Å². The third-order valence-corrected chi connectivity index (χ3v) is 6.03. The second-order valence-corrected chi connectivity index (χ2v) is 9.05. The first-order valence-electron chi connectivity index (χ1n) is 11.6. The summed E-state index contributed by atoms with van der Waals surface area (Å²) in [7, 11) is 3.93. The number of benzene rings is 1. The average Bonchev–Trinajstić information content (AvgIpc) is 3.53. The number of ether oxygens (including phenoxy) is 1. The molecule has 1 aliphatic heterocycles. The third-order valence-electron chi connectivity index (χ3n) is 6.03. The molecule has 0 spiro atoms. The molecule has 33 heavy (non-hydrogen) atoms. The van der Waals surface area contributed by atoms with E-state index < -0.39 is 0 Å². The first-order chi connectivity index (χ1) is 16.0. The minimum Gasteiger partial charge on any atom is -0.438 e. The van der Waals surface area contributed by atoms with Gasteiger partial charge < -0.3 is 15.4 Å². The third kappa shape index (κ3) is 5.71. The average molecular weight is 445 g/mol. The summed E-state index contributed by atoms with van der Waals surface area (Å²) in [5.74, 6) is 3.25. The fraction of sp³-hybridized carbons (Fsp3) is 0.423. The summed E-state index contributed by atoms with van der Waals surface area (Å²) in [6, 6.07) is 9.64. The normalized spacial score (nSPS) is 22.2. The highest BCUT2D eigenvalue weighted by Crippen LogP contribution is 2.35. The van der Waals surface area contributed by atoms with Gasteiger partial charge in [0.2, 0.25) is 5.88 Å². The molecular formula is C26H32N6O. The summed E-state index contributed by atoms with van der Waals surface area (Å²) in [4.78, 5) is 6.93. The standard InChI is InChI=1S/C26H32N6O/c1-18-4-9-23(29-16-21(12-18)10-11-27)22-8-7-20(15-28)13-24(22)33-26-14-25(30-32(26)3)31(2)17-19-5-6-19/h7-9,12-14,16,18-19H,4-6,10-11,17,27H2,1-3H3/b21-12-,23-9+,29-16+/t18-/m1/s1. The van der Waals surface area contributed by atoms with Crippen LogP contribution < -0.4 is 15.4 Å². The zero-order chi connectivity index (χ0) is 23.4. The number of nitrogens with zero attached hydrogens (tertiary/aromatic N) is 5. The van der Waals surface area contributed by atoms with Crippen molar-refractivity contribution >= 4 is 17.7 Å². The number of rotatable bonds is 8. The largest absolute Gasteiger partial charge is 0.438 e. The van der Waals surface area contributed by atoms with Gasteiger partial charge in [0.25, 0.3) is 0 Å². The Morgan fingerprint density at radius 1 is 1.30 bits per heavy atom. The fourth-order valence-corrected chi connectivity index (χ4v) is 3.97. The molecule has 0 saturated heterocycles.